The number of rotatable bonds is 6. The first-order valence-electron chi connectivity index (χ1n) is 5.68. The fourth-order valence-corrected chi connectivity index (χ4v) is 1.56. The molecule has 0 radical (unpaired) electrons. The van der Waals surface area contributed by atoms with E-state index in [-0.39, 0.29) is 6.61 Å². The van der Waals surface area contributed by atoms with Crippen LogP contribution < -0.4 is 4.74 Å². The fraction of sp³-hybridized carbons (Fsp3) is 0.308. The van der Waals surface area contributed by atoms with E-state index in [0.717, 1.165) is 18.7 Å². The van der Waals surface area contributed by atoms with Crippen LogP contribution >= 0.6 is 0 Å². The van der Waals surface area contributed by atoms with Crippen LogP contribution in [0.15, 0.2) is 42.9 Å². The highest BCUT2D eigenvalue weighted by molar-refractivity contribution is 5.20. The molecular weight excluding hydrogens is 216 g/mol. The van der Waals surface area contributed by atoms with E-state index in [9.17, 15) is 0 Å². The summed E-state index contributed by atoms with van der Waals surface area (Å²) in [5.74, 6) is 0.897. The molecule has 0 bridgehead atoms. The maximum atomic E-state index is 8.87. The first-order chi connectivity index (χ1) is 8.38. The van der Waals surface area contributed by atoms with Crippen LogP contribution in [-0.4, -0.2) is 21.3 Å². The van der Waals surface area contributed by atoms with Crippen molar-refractivity contribution >= 4 is 0 Å². The molecule has 2 aromatic rings. The Labute approximate surface area is 100 Å². The molecule has 2 rings (SSSR count). The summed E-state index contributed by atoms with van der Waals surface area (Å²) < 4.78 is 7.54. The molecule has 0 saturated carbocycles. The zero-order valence-corrected chi connectivity index (χ0v) is 9.62. The summed E-state index contributed by atoms with van der Waals surface area (Å²) in [5.41, 5.74) is 0.703. The van der Waals surface area contributed by atoms with E-state index < -0.39 is 0 Å². The number of aryl methyl sites for hydroxylation is 1. The number of benzene rings is 1. The van der Waals surface area contributed by atoms with Gasteiger partial charge >= 0.3 is 0 Å². The van der Waals surface area contributed by atoms with Gasteiger partial charge in [-0.1, -0.05) is 18.2 Å². The van der Waals surface area contributed by atoms with Crippen molar-refractivity contribution in [1.82, 2.24) is 9.55 Å². The smallest absolute Gasteiger partial charge is 0.119 e. The standard InChI is InChI=1S/C13H16N2O2/c16-10-12-9-15(11-14-12)7-4-8-17-13-5-2-1-3-6-13/h1-3,5-6,9,11,16H,4,7-8,10H2. The number of aromatic nitrogens is 2. The molecule has 1 N–H and O–H groups in total. The Balaban J connectivity index is 1.69. The lowest BCUT2D eigenvalue weighted by atomic mass is 10.3. The van der Waals surface area contributed by atoms with Crippen LogP contribution in [0, 0.1) is 0 Å². The largest absolute Gasteiger partial charge is 0.494 e. The lowest BCUT2D eigenvalue weighted by Gasteiger charge is -2.05. The monoisotopic (exact) mass is 232 g/mol. The predicted molar refractivity (Wildman–Crippen MR) is 64.7 cm³/mol. The summed E-state index contributed by atoms with van der Waals surface area (Å²) in [7, 11) is 0. The number of ether oxygens (including phenoxy) is 1. The summed E-state index contributed by atoms with van der Waals surface area (Å²) in [6.07, 6.45) is 4.49. The molecule has 4 nitrogen and oxygen atoms in total. The van der Waals surface area contributed by atoms with Gasteiger partial charge in [0.25, 0.3) is 0 Å². The third-order valence-electron chi connectivity index (χ3n) is 2.42. The third-order valence-corrected chi connectivity index (χ3v) is 2.42. The molecule has 4 heteroatoms. The Morgan fingerprint density at radius 3 is 2.76 bits per heavy atom. The summed E-state index contributed by atoms with van der Waals surface area (Å²) in [6, 6.07) is 9.77. The van der Waals surface area contributed by atoms with Crippen LogP contribution in [0.2, 0.25) is 0 Å². The number of imidazole rings is 1. The molecule has 1 aromatic heterocycles. The highest BCUT2D eigenvalue weighted by Crippen LogP contribution is 2.08. The molecule has 1 aromatic carbocycles. The highest BCUT2D eigenvalue weighted by atomic mass is 16.5. The maximum absolute atomic E-state index is 8.87. The summed E-state index contributed by atoms with van der Waals surface area (Å²) >= 11 is 0. The predicted octanol–water partition coefficient (Wildman–Crippen LogP) is 1.84. The van der Waals surface area contributed by atoms with Gasteiger partial charge in [0, 0.05) is 12.7 Å². The number of hydrogen-bond donors (Lipinski definition) is 1. The number of hydrogen-bond acceptors (Lipinski definition) is 3. The van der Waals surface area contributed by atoms with E-state index in [1.165, 1.54) is 0 Å². The Morgan fingerprint density at radius 1 is 1.24 bits per heavy atom. The third kappa shape index (κ3) is 3.60. The van der Waals surface area contributed by atoms with Crippen LogP contribution in [0.25, 0.3) is 0 Å². The number of aliphatic hydroxyl groups excluding tert-OH is 1. The van der Waals surface area contributed by atoms with Crippen molar-refractivity contribution in [2.45, 2.75) is 19.6 Å². The summed E-state index contributed by atoms with van der Waals surface area (Å²) in [6.45, 7) is 1.52. The first-order valence-corrected chi connectivity index (χ1v) is 5.68. The lowest BCUT2D eigenvalue weighted by Crippen LogP contribution is -2.02. The molecule has 17 heavy (non-hydrogen) atoms. The second-order valence-electron chi connectivity index (χ2n) is 3.78. The minimum Gasteiger partial charge on any atom is -0.494 e. The van der Waals surface area contributed by atoms with Gasteiger partial charge in [0.05, 0.1) is 25.2 Å². The average Bonchev–Trinajstić information content (AvgIpc) is 2.84. The van der Waals surface area contributed by atoms with Crippen LogP contribution in [0.1, 0.15) is 12.1 Å². The summed E-state index contributed by atoms with van der Waals surface area (Å²) in [4.78, 5) is 4.04. The van der Waals surface area contributed by atoms with Gasteiger partial charge in [-0.2, -0.15) is 0 Å². The van der Waals surface area contributed by atoms with E-state index >= 15 is 0 Å². The Kier molecular flexibility index (Phi) is 4.16. The quantitative estimate of drug-likeness (QED) is 0.773. The second kappa shape index (κ2) is 6.06. The molecule has 0 atom stereocenters. The second-order valence-corrected chi connectivity index (χ2v) is 3.78. The average molecular weight is 232 g/mol. The van der Waals surface area contributed by atoms with Crippen molar-refractivity contribution in [3.05, 3.63) is 48.5 Å². The molecule has 0 aliphatic carbocycles. The van der Waals surface area contributed by atoms with E-state index in [4.69, 9.17) is 9.84 Å². The molecule has 0 unspecified atom stereocenters. The van der Waals surface area contributed by atoms with Crippen molar-refractivity contribution in [2.24, 2.45) is 0 Å². The van der Waals surface area contributed by atoms with Crippen molar-refractivity contribution in [2.75, 3.05) is 6.61 Å². The Bertz CT molecular complexity index is 440. The Hall–Kier alpha value is -1.81. The van der Waals surface area contributed by atoms with E-state index in [1.54, 1.807) is 6.33 Å². The fourth-order valence-electron chi connectivity index (χ4n) is 1.56. The van der Waals surface area contributed by atoms with Crippen LogP contribution in [0.5, 0.6) is 5.75 Å². The van der Waals surface area contributed by atoms with Crippen molar-refractivity contribution in [3.63, 3.8) is 0 Å². The topological polar surface area (TPSA) is 47.3 Å². The van der Waals surface area contributed by atoms with Crippen LogP contribution in [-0.2, 0) is 13.2 Å². The van der Waals surface area contributed by atoms with Crippen molar-refractivity contribution in [3.8, 4) is 5.75 Å². The number of para-hydroxylation sites is 1. The molecule has 0 aliphatic rings. The van der Waals surface area contributed by atoms with Crippen molar-refractivity contribution in [1.29, 1.82) is 0 Å². The Morgan fingerprint density at radius 2 is 2.06 bits per heavy atom. The zero-order chi connectivity index (χ0) is 11.9. The van der Waals surface area contributed by atoms with Gasteiger partial charge in [-0.25, -0.2) is 4.98 Å². The molecular formula is C13H16N2O2. The van der Waals surface area contributed by atoms with Gasteiger partial charge in [-0.15, -0.1) is 0 Å². The van der Waals surface area contributed by atoms with Gasteiger partial charge < -0.3 is 14.4 Å². The lowest BCUT2D eigenvalue weighted by molar-refractivity contribution is 0.277. The molecule has 0 amide bonds. The molecule has 1 heterocycles. The first kappa shape index (κ1) is 11.7. The molecule has 0 fully saturated rings. The maximum Gasteiger partial charge on any atom is 0.119 e. The van der Waals surface area contributed by atoms with Gasteiger partial charge in [-0.3, -0.25) is 0 Å². The van der Waals surface area contributed by atoms with Gasteiger partial charge in [0.15, 0.2) is 0 Å². The van der Waals surface area contributed by atoms with Crippen LogP contribution in [0.3, 0.4) is 0 Å². The normalized spacial score (nSPS) is 10.4. The molecule has 0 aliphatic heterocycles. The van der Waals surface area contributed by atoms with Gasteiger partial charge in [-0.05, 0) is 18.6 Å². The summed E-state index contributed by atoms with van der Waals surface area (Å²) in [5, 5.41) is 8.87. The minimum absolute atomic E-state index is 0.00643. The SMILES string of the molecule is OCc1cn(CCCOc2ccccc2)cn1. The van der Waals surface area contributed by atoms with E-state index in [0.29, 0.717) is 12.3 Å². The van der Waals surface area contributed by atoms with Gasteiger partial charge in [0.1, 0.15) is 5.75 Å². The highest BCUT2D eigenvalue weighted by Gasteiger charge is 1.97. The van der Waals surface area contributed by atoms with Gasteiger partial charge in [0.2, 0.25) is 0 Å². The molecule has 90 valence electrons. The van der Waals surface area contributed by atoms with Crippen LogP contribution in [0.4, 0.5) is 0 Å². The van der Waals surface area contributed by atoms with E-state index in [2.05, 4.69) is 4.98 Å². The minimum atomic E-state index is -0.00643. The van der Waals surface area contributed by atoms with Crippen molar-refractivity contribution < 1.29 is 9.84 Å². The number of nitrogens with zero attached hydrogens (tertiary/aromatic N) is 2. The molecule has 0 spiro atoms. The molecule has 0 saturated heterocycles. The zero-order valence-electron chi connectivity index (χ0n) is 9.62. The van der Waals surface area contributed by atoms with E-state index in [1.807, 2.05) is 41.1 Å². The number of aliphatic hydroxyl groups is 1.